The number of pyridine rings is 1. The average Bonchev–Trinajstić information content (AvgIpc) is 3.17. The number of nitrogen functional groups attached to an aromatic ring is 1. The number of rotatable bonds is 9. The maximum atomic E-state index is 12.1. The van der Waals surface area contributed by atoms with Crippen LogP contribution in [0.4, 0.5) is 10.6 Å². The molecule has 0 saturated heterocycles. The van der Waals surface area contributed by atoms with Crippen LogP contribution in [0.15, 0.2) is 48.2 Å². The Hall–Kier alpha value is -3.59. The molecular weight excluding hydrogens is 406 g/mol. The zero-order chi connectivity index (χ0) is 22.3. The maximum Gasteiger partial charge on any atom is 0.319 e. The van der Waals surface area contributed by atoms with Gasteiger partial charge in [0.15, 0.2) is 11.6 Å². The molecule has 0 bridgehead atoms. The number of nitrogens with one attached hydrogen (secondary N) is 3. The molecule has 168 valence electrons. The lowest BCUT2D eigenvalue weighted by Gasteiger charge is -2.14. The number of urea groups is 1. The van der Waals surface area contributed by atoms with Crippen LogP contribution in [-0.4, -0.2) is 40.4 Å². The third-order valence-corrected chi connectivity index (χ3v) is 5.19. The maximum absolute atomic E-state index is 12.1. The lowest BCUT2D eigenvalue weighted by molar-refractivity contribution is 0.127. The van der Waals surface area contributed by atoms with Gasteiger partial charge in [-0.15, -0.1) is 0 Å². The van der Waals surface area contributed by atoms with Crippen molar-refractivity contribution in [2.75, 3.05) is 30.9 Å². The molecule has 4 rings (SSSR count). The summed E-state index contributed by atoms with van der Waals surface area (Å²) >= 11 is 0. The van der Waals surface area contributed by atoms with Crippen LogP contribution in [0.1, 0.15) is 32.0 Å². The number of hydrogen-bond acceptors (Lipinski definition) is 6. The highest BCUT2D eigenvalue weighted by Crippen LogP contribution is 2.28. The van der Waals surface area contributed by atoms with Crippen molar-refractivity contribution >= 4 is 33.8 Å². The zero-order valence-corrected chi connectivity index (χ0v) is 18.2. The highest BCUT2D eigenvalue weighted by atomic mass is 16.5. The van der Waals surface area contributed by atoms with E-state index in [2.05, 4.69) is 32.1 Å². The average molecular weight is 436 g/mol. The van der Waals surface area contributed by atoms with Gasteiger partial charge in [0.2, 0.25) is 0 Å². The number of para-hydroxylation sites is 1. The second-order valence-electron chi connectivity index (χ2n) is 7.49. The first-order valence-corrected chi connectivity index (χ1v) is 11.0. The largest absolute Gasteiger partial charge is 0.382 e. The number of nitrogens with zero attached hydrogens (tertiary/aromatic N) is 3. The molecule has 0 radical (unpaired) electrons. The van der Waals surface area contributed by atoms with E-state index in [1.165, 1.54) is 0 Å². The van der Waals surface area contributed by atoms with Gasteiger partial charge in [-0.25, -0.2) is 19.4 Å². The van der Waals surface area contributed by atoms with Crippen molar-refractivity contribution in [1.82, 2.24) is 25.3 Å². The van der Waals surface area contributed by atoms with Crippen LogP contribution in [-0.2, 0) is 11.3 Å². The highest BCUT2D eigenvalue weighted by molar-refractivity contribution is 6.06. The highest BCUT2D eigenvalue weighted by Gasteiger charge is 2.17. The number of carbonyl (C=O) groups excluding carboxylic acids is 1. The van der Waals surface area contributed by atoms with Gasteiger partial charge in [0.1, 0.15) is 17.6 Å². The third kappa shape index (κ3) is 4.83. The molecule has 5 N–H and O–H groups in total. The Morgan fingerprint density at radius 1 is 1.22 bits per heavy atom. The predicted octanol–water partition coefficient (Wildman–Crippen LogP) is 3.17. The summed E-state index contributed by atoms with van der Waals surface area (Å²) in [4.78, 5) is 21.2. The van der Waals surface area contributed by atoms with Crippen molar-refractivity contribution in [2.24, 2.45) is 0 Å². The number of imidazole rings is 1. The van der Waals surface area contributed by atoms with Gasteiger partial charge in [-0.2, -0.15) is 0 Å². The zero-order valence-electron chi connectivity index (χ0n) is 18.2. The summed E-state index contributed by atoms with van der Waals surface area (Å²) in [6.45, 7) is 4.05. The molecule has 0 saturated carbocycles. The van der Waals surface area contributed by atoms with E-state index in [9.17, 15) is 4.79 Å². The van der Waals surface area contributed by atoms with E-state index in [1.54, 1.807) is 0 Å². The van der Waals surface area contributed by atoms with Crippen LogP contribution < -0.4 is 21.8 Å². The van der Waals surface area contributed by atoms with Crippen LogP contribution in [0.5, 0.6) is 0 Å². The smallest absolute Gasteiger partial charge is 0.319 e. The molecule has 3 aromatic rings. The number of benzene rings is 1. The topological polar surface area (TPSA) is 119 Å². The van der Waals surface area contributed by atoms with Crippen LogP contribution in [0.25, 0.3) is 21.9 Å². The first-order valence-electron chi connectivity index (χ1n) is 11.0. The third-order valence-electron chi connectivity index (χ3n) is 5.19. The Kier molecular flexibility index (Phi) is 6.86. The van der Waals surface area contributed by atoms with E-state index in [0.717, 1.165) is 47.2 Å². The minimum Gasteiger partial charge on any atom is -0.382 e. The van der Waals surface area contributed by atoms with E-state index in [4.69, 9.17) is 10.5 Å². The van der Waals surface area contributed by atoms with Crippen LogP contribution in [0.3, 0.4) is 0 Å². The number of allylic oxidation sites excluding steroid dienone is 3. The van der Waals surface area contributed by atoms with Crippen molar-refractivity contribution in [3.63, 3.8) is 0 Å². The molecule has 0 aliphatic heterocycles. The predicted molar refractivity (Wildman–Crippen MR) is 127 cm³/mol. The van der Waals surface area contributed by atoms with Crippen molar-refractivity contribution in [3.05, 3.63) is 54.0 Å². The summed E-state index contributed by atoms with van der Waals surface area (Å²) in [5.74, 6) is 1.12. The lowest BCUT2D eigenvalue weighted by Crippen LogP contribution is -2.36. The monoisotopic (exact) mass is 435 g/mol. The molecule has 1 aromatic carbocycles. The molecular formula is C23H29N7O2. The molecule has 0 spiro atoms. The lowest BCUT2D eigenvalue weighted by atomic mass is 10.1. The summed E-state index contributed by atoms with van der Waals surface area (Å²) in [5, 5.41) is 6.71. The first-order chi connectivity index (χ1) is 15.7. The fourth-order valence-corrected chi connectivity index (χ4v) is 3.67. The van der Waals surface area contributed by atoms with Gasteiger partial charge >= 0.3 is 6.03 Å². The van der Waals surface area contributed by atoms with Gasteiger partial charge in [-0.05, 0) is 38.3 Å². The van der Waals surface area contributed by atoms with Crippen molar-refractivity contribution in [1.29, 1.82) is 0 Å². The number of fused-ring (bicyclic) bond motifs is 3. The summed E-state index contributed by atoms with van der Waals surface area (Å²) in [5.41, 5.74) is 12.8. The minimum absolute atomic E-state index is 0.197. The van der Waals surface area contributed by atoms with Crippen molar-refractivity contribution in [3.8, 4) is 0 Å². The number of hydrogen-bond donors (Lipinski definition) is 4. The number of amides is 2. The molecule has 0 fully saturated rings. The van der Waals surface area contributed by atoms with E-state index in [1.807, 2.05) is 48.0 Å². The minimum atomic E-state index is -0.197. The Morgan fingerprint density at radius 2 is 2.09 bits per heavy atom. The molecule has 2 heterocycles. The van der Waals surface area contributed by atoms with Crippen LogP contribution in [0.2, 0.25) is 0 Å². The number of aromatic nitrogens is 3. The Morgan fingerprint density at radius 3 is 2.91 bits per heavy atom. The van der Waals surface area contributed by atoms with Gasteiger partial charge in [0.25, 0.3) is 0 Å². The molecule has 0 atom stereocenters. The Balaban J connectivity index is 1.44. The SMILES string of the molecule is CCOCc1nc2c(N)nc3ccccc3c2n1NCCCNC(=O)NC1=CCCC=C1. The summed E-state index contributed by atoms with van der Waals surface area (Å²) < 4.78 is 7.55. The molecule has 2 aromatic heterocycles. The van der Waals surface area contributed by atoms with Gasteiger partial charge in [0, 0.05) is 30.8 Å². The number of anilines is 1. The van der Waals surface area contributed by atoms with E-state index in [0.29, 0.717) is 37.6 Å². The van der Waals surface area contributed by atoms with Gasteiger partial charge in [0.05, 0.1) is 5.52 Å². The number of ether oxygens (including phenoxy) is 1. The molecule has 2 amide bonds. The fourth-order valence-electron chi connectivity index (χ4n) is 3.67. The fraction of sp³-hybridized carbons (Fsp3) is 0.348. The molecule has 32 heavy (non-hydrogen) atoms. The van der Waals surface area contributed by atoms with Crippen molar-refractivity contribution in [2.45, 2.75) is 32.8 Å². The molecule has 9 nitrogen and oxygen atoms in total. The summed E-state index contributed by atoms with van der Waals surface area (Å²) in [7, 11) is 0. The molecule has 9 heteroatoms. The standard InChI is InChI=1S/C23H29N7O2/c1-2-32-15-19-29-20-21(17-11-6-7-12-18(17)28-22(20)24)30(19)26-14-8-13-25-23(31)27-16-9-4-3-5-10-16/h4,6-7,9-12,26H,2-3,5,8,13-15H2,1H3,(H2,24,28)(H2,25,27,31). The number of nitrogens with two attached hydrogens (primary N) is 1. The van der Waals surface area contributed by atoms with Crippen LogP contribution in [0, 0.1) is 0 Å². The van der Waals surface area contributed by atoms with Crippen molar-refractivity contribution < 1.29 is 9.53 Å². The van der Waals surface area contributed by atoms with Gasteiger partial charge in [-0.1, -0.05) is 30.4 Å². The summed E-state index contributed by atoms with van der Waals surface area (Å²) in [6.07, 6.45) is 8.71. The second-order valence-corrected chi connectivity index (χ2v) is 7.49. The normalized spacial score (nSPS) is 13.3. The Bertz CT molecular complexity index is 1170. The van der Waals surface area contributed by atoms with E-state index >= 15 is 0 Å². The summed E-state index contributed by atoms with van der Waals surface area (Å²) in [6, 6.07) is 7.65. The number of carbonyl (C=O) groups is 1. The molecule has 0 unspecified atom stereocenters. The quantitative estimate of drug-likeness (QED) is 0.383. The molecule has 1 aliphatic rings. The van der Waals surface area contributed by atoms with Gasteiger partial charge < -0.3 is 26.5 Å². The van der Waals surface area contributed by atoms with Crippen LogP contribution >= 0.6 is 0 Å². The Labute approximate surface area is 186 Å². The van der Waals surface area contributed by atoms with E-state index in [-0.39, 0.29) is 6.03 Å². The molecule has 1 aliphatic carbocycles. The first kappa shape index (κ1) is 21.6. The van der Waals surface area contributed by atoms with Gasteiger partial charge in [-0.3, -0.25) is 0 Å². The second kappa shape index (κ2) is 10.1. The van der Waals surface area contributed by atoms with E-state index < -0.39 is 0 Å².